The van der Waals surface area contributed by atoms with Crippen LogP contribution in [0.1, 0.15) is 62.5 Å². The Balaban J connectivity index is 1.64. The van der Waals surface area contributed by atoms with Gasteiger partial charge in [0, 0.05) is 6.54 Å². The molecule has 2 aromatic rings. The molecule has 172 valence electrons. The van der Waals surface area contributed by atoms with Gasteiger partial charge in [0.1, 0.15) is 17.9 Å². The van der Waals surface area contributed by atoms with Crippen LogP contribution >= 0.6 is 0 Å². The van der Waals surface area contributed by atoms with Gasteiger partial charge in [-0.05, 0) is 55.5 Å². The van der Waals surface area contributed by atoms with Crippen molar-refractivity contribution in [3.8, 4) is 11.8 Å². The van der Waals surface area contributed by atoms with Gasteiger partial charge in [-0.15, -0.1) is 0 Å². The molecule has 1 aliphatic carbocycles. The fourth-order valence-electron chi connectivity index (χ4n) is 5.32. The summed E-state index contributed by atoms with van der Waals surface area (Å²) in [5, 5.41) is 12.3. The third-order valence-corrected chi connectivity index (χ3v) is 7.13. The molecule has 1 saturated carbocycles. The summed E-state index contributed by atoms with van der Waals surface area (Å²) >= 11 is 0. The predicted molar refractivity (Wildman–Crippen MR) is 127 cm³/mol. The quantitative estimate of drug-likeness (QED) is 0.717. The summed E-state index contributed by atoms with van der Waals surface area (Å²) in [5.74, 6) is 0.610. The number of ether oxygens (including phenoxy) is 1. The van der Waals surface area contributed by atoms with Crippen LogP contribution in [-0.4, -0.2) is 36.4 Å². The van der Waals surface area contributed by atoms with Gasteiger partial charge >= 0.3 is 0 Å². The average Bonchev–Trinajstić information content (AvgIpc) is 3.23. The van der Waals surface area contributed by atoms with E-state index in [-0.39, 0.29) is 11.8 Å². The third kappa shape index (κ3) is 4.59. The zero-order chi connectivity index (χ0) is 23.3. The maximum atomic E-state index is 14.2. The van der Waals surface area contributed by atoms with E-state index < -0.39 is 11.5 Å². The fraction of sp³-hybridized carbons (Fsp3) is 0.444. The molecule has 2 aromatic carbocycles. The minimum atomic E-state index is -0.598. The van der Waals surface area contributed by atoms with Crippen LogP contribution in [0.4, 0.5) is 5.69 Å². The van der Waals surface area contributed by atoms with Crippen LogP contribution < -0.4 is 10.1 Å². The summed E-state index contributed by atoms with van der Waals surface area (Å²) in [7, 11) is 1.64. The topological polar surface area (TPSA) is 82.4 Å². The summed E-state index contributed by atoms with van der Waals surface area (Å²) in [4.78, 5) is 29.4. The molecule has 4 rings (SSSR count). The summed E-state index contributed by atoms with van der Waals surface area (Å²) in [6.45, 7) is 0.578. The van der Waals surface area contributed by atoms with Crippen molar-refractivity contribution >= 4 is 17.5 Å². The van der Waals surface area contributed by atoms with Gasteiger partial charge < -0.3 is 15.0 Å². The van der Waals surface area contributed by atoms with Crippen molar-refractivity contribution in [2.45, 2.75) is 62.8 Å². The predicted octanol–water partition coefficient (Wildman–Crippen LogP) is 4.79. The van der Waals surface area contributed by atoms with Crippen molar-refractivity contribution in [1.82, 2.24) is 4.90 Å². The van der Waals surface area contributed by atoms with Gasteiger partial charge in [-0.2, -0.15) is 5.26 Å². The monoisotopic (exact) mass is 445 g/mol. The van der Waals surface area contributed by atoms with Crippen LogP contribution in [-0.2, 0) is 15.0 Å². The summed E-state index contributed by atoms with van der Waals surface area (Å²) in [5.41, 5.74) is 1.32. The largest absolute Gasteiger partial charge is 0.497 e. The van der Waals surface area contributed by atoms with Crippen molar-refractivity contribution in [2.75, 3.05) is 19.0 Å². The standard InChI is InChI=1S/C27H31N3O3/c1-33-22-14-12-21(13-15-22)27(16-6-7-17-27)26(32)30-18-8-2-3-11-24(30)25(31)29-23-10-5-4-9-20(23)19-28/h4-5,9-10,12-15,24H,2-3,6-8,11,16-18H2,1H3,(H,29,31)/t24-/m1/s1. The molecule has 1 atom stereocenters. The van der Waals surface area contributed by atoms with Crippen LogP contribution in [0.5, 0.6) is 5.75 Å². The highest BCUT2D eigenvalue weighted by Gasteiger charge is 2.47. The molecule has 0 bridgehead atoms. The first-order chi connectivity index (χ1) is 16.1. The van der Waals surface area contributed by atoms with Gasteiger partial charge in [0.05, 0.1) is 23.8 Å². The number of carbonyl (C=O) groups excluding carboxylic acids is 2. The molecule has 0 radical (unpaired) electrons. The minimum Gasteiger partial charge on any atom is -0.497 e. The van der Waals surface area contributed by atoms with Crippen molar-refractivity contribution in [1.29, 1.82) is 5.26 Å². The Kier molecular flexibility index (Phi) is 6.98. The lowest BCUT2D eigenvalue weighted by Gasteiger charge is -2.38. The van der Waals surface area contributed by atoms with Crippen LogP contribution in [0.15, 0.2) is 48.5 Å². The van der Waals surface area contributed by atoms with E-state index in [9.17, 15) is 14.9 Å². The molecule has 6 heteroatoms. The molecule has 0 spiro atoms. The molecule has 0 aromatic heterocycles. The lowest BCUT2D eigenvalue weighted by molar-refractivity contribution is -0.143. The molecule has 0 unspecified atom stereocenters. The number of hydrogen-bond acceptors (Lipinski definition) is 4. The molecule has 1 saturated heterocycles. The number of para-hydroxylation sites is 1. The Morgan fingerprint density at radius 3 is 2.45 bits per heavy atom. The Bertz CT molecular complexity index is 1040. The van der Waals surface area contributed by atoms with Gasteiger partial charge in [-0.1, -0.05) is 49.9 Å². The van der Waals surface area contributed by atoms with E-state index in [0.29, 0.717) is 24.2 Å². The normalized spacial score (nSPS) is 19.9. The van der Waals surface area contributed by atoms with Crippen LogP contribution in [0.2, 0.25) is 0 Å². The minimum absolute atomic E-state index is 0.0563. The summed E-state index contributed by atoms with van der Waals surface area (Å²) in [6, 6.07) is 16.4. The maximum absolute atomic E-state index is 14.2. The van der Waals surface area contributed by atoms with Crippen molar-refractivity contribution in [3.05, 3.63) is 59.7 Å². The van der Waals surface area contributed by atoms with Crippen molar-refractivity contribution in [2.24, 2.45) is 0 Å². The Morgan fingerprint density at radius 1 is 1.03 bits per heavy atom. The van der Waals surface area contributed by atoms with Gasteiger partial charge in [0.25, 0.3) is 0 Å². The molecule has 2 fully saturated rings. The first-order valence-electron chi connectivity index (χ1n) is 11.8. The van der Waals surface area contributed by atoms with Gasteiger partial charge in [-0.25, -0.2) is 0 Å². The SMILES string of the molecule is COc1ccc(C2(C(=O)N3CCCCC[C@@H]3C(=O)Nc3ccccc3C#N)CCCC2)cc1. The first kappa shape index (κ1) is 22.8. The molecule has 33 heavy (non-hydrogen) atoms. The number of rotatable bonds is 5. The van der Waals surface area contributed by atoms with E-state index >= 15 is 0 Å². The number of anilines is 1. The molecule has 2 amide bonds. The number of likely N-dealkylation sites (tertiary alicyclic amines) is 1. The number of nitrogens with one attached hydrogen (secondary N) is 1. The second kappa shape index (κ2) is 10.1. The lowest BCUT2D eigenvalue weighted by atomic mass is 9.77. The highest BCUT2D eigenvalue weighted by Crippen LogP contribution is 2.44. The highest BCUT2D eigenvalue weighted by atomic mass is 16.5. The second-order valence-corrected chi connectivity index (χ2v) is 9.03. The molecule has 1 N–H and O–H groups in total. The molecule has 1 heterocycles. The summed E-state index contributed by atoms with van der Waals surface area (Å²) < 4.78 is 5.31. The Hall–Kier alpha value is -3.33. The molecular formula is C27H31N3O3. The number of methoxy groups -OCH3 is 1. The van der Waals surface area contributed by atoms with Crippen molar-refractivity contribution < 1.29 is 14.3 Å². The van der Waals surface area contributed by atoms with E-state index in [0.717, 1.165) is 56.3 Å². The zero-order valence-electron chi connectivity index (χ0n) is 19.2. The van der Waals surface area contributed by atoms with E-state index in [1.165, 1.54) is 0 Å². The van der Waals surface area contributed by atoms with Crippen molar-refractivity contribution in [3.63, 3.8) is 0 Å². The van der Waals surface area contributed by atoms with Crippen LogP contribution in [0.3, 0.4) is 0 Å². The summed E-state index contributed by atoms with van der Waals surface area (Å²) in [6.07, 6.45) is 7.00. The number of benzene rings is 2. The zero-order valence-corrected chi connectivity index (χ0v) is 19.2. The van der Waals surface area contributed by atoms with E-state index in [1.54, 1.807) is 31.4 Å². The molecule has 2 aliphatic rings. The Morgan fingerprint density at radius 2 is 1.76 bits per heavy atom. The fourth-order valence-corrected chi connectivity index (χ4v) is 5.32. The number of nitriles is 1. The maximum Gasteiger partial charge on any atom is 0.247 e. The van der Waals surface area contributed by atoms with E-state index in [2.05, 4.69) is 11.4 Å². The number of carbonyl (C=O) groups is 2. The molecular weight excluding hydrogens is 414 g/mol. The highest BCUT2D eigenvalue weighted by molar-refractivity contribution is 5.99. The van der Waals surface area contributed by atoms with Gasteiger partial charge in [0.2, 0.25) is 11.8 Å². The smallest absolute Gasteiger partial charge is 0.247 e. The van der Waals surface area contributed by atoms with Crippen LogP contribution in [0.25, 0.3) is 0 Å². The van der Waals surface area contributed by atoms with E-state index in [4.69, 9.17) is 4.74 Å². The number of amides is 2. The number of nitrogens with zero attached hydrogens (tertiary/aromatic N) is 2. The third-order valence-electron chi connectivity index (χ3n) is 7.13. The second-order valence-electron chi connectivity index (χ2n) is 9.03. The first-order valence-corrected chi connectivity index (χ1v) is 11.8. The lowest BCUT2D eigenvalue weighted by Crippen LogP contribution is -2.53. The van der Waals surface area contributed by atoms with E-state index in [1.807, 2.05) is 29.2 Å². The van der Waals surface area contributed by atoms with Crippen LogP contribution in [0, 0.1) is 11.3 Å². The Labute approximate surface area is 195 Å². The molecule has 6 nitrogen and oxygen atoms in total. The van der Waals surface area contributed by atoms with Gasteiger partial charge in [0.15, 0.2) is 0 Å². The molecule has 1 aliphatic heterocycles. The van der Waals surface area contributed by atoms with Gasteiger partial charge in [-0.3, -0.25) is 9.59 Å². The number of hydrogen-bond donors (Lipinski definition) is 1. The average molecular weight is 446 g/mol.